The third kappa shape index (κ3) is 4.28. The lowest BCUT2D eigenvalue weighted by Crippen LogP contribution is -2.67. The molecule has 0 unspecified atom stereocenters. The van der Waals surface area contributed by atoms with Crippen molar-refractivity contribution in [2.24, 2.45) is 23.7 Å². The lowest BCUT2D eigenvalue weighted by atomic mass is 9.83. The Morgan fingerprint density at radius 2 is 1.49 bits per heavy atom. The summed E-state index contributed by atoms with van der Waals surface area (Å²) in [5, 5.41) is 3.15. The number of nitrogens with one attached hydrogen (secondary N) is 1. The second-order valence-corrected chi connectivity index (χ2v) is 13.0. The number of fused-ring (bicyclic) bond motifs is 1. The molecule has 3 aliphatic carbocycles. The average Bonchev–Trinajstić information content (AvgIpc) is 3.76. The number of hydrogen-bond donors (Lipinski definition) is 1. The third-order valence-corrected chi connectivity index (χ3v) is 9.61. The summed E-state index contributed by atoms with van der Waals surface area (Å²) >= 11 is 0. The van der Waals surface area contributed by atoms with E-state index in [1.807, 2.05) is 12.1 Å². The largest absolute Gasteiger partial charge is 0.342 e. The van der Waals surface area contributed by atoms with Crippen LogP contribution in [-0.2, 0) is 38.8 Å². The van der Waals surface area contributed by atoms with Crippen molar-refractivity contribution in [3.8, 4) is 0 Å². The summed E-state index contributed by atoms with van der Waals surface area (Å²) in [7, 11) is -3.46. The zero-order valence-corrected chi connectivity index (χ0v) is 20.8. The minimum Gasteiger partial charge on any atom is -0.342 e. The molecule has 6 rings (SSSR count). The van der Waals surface area contributed by atoms with Crippen LogP contribution in [-0.4, -0.2) is 43.5 Å². The first kappa shape index (κ1) is 22.8. The fourth-order valence-electron chi connectivity index (χ4n) is 6.51. The van der Waals surface area contributed by atoms with Gasteiger partial charge in [0.15, 0.2) is 9.84 Å². The normalized spacial score (nSPS) is 25.1. The Hall–Kier alpha value is -2.67. The van der Waals surface area contributed by atoms with E-state index in [9.17, 15) is 18.0 Å². The molecule has 0 spiro atoms. The number of nitrogens with zero attached hydrogens (tertiary/aromatic N) is 1. The average molecular weight is 493 g/mol. The zero-order valence-electron chi connectivity index (χ0n) is 20.0. The third-order valence-electron chi connectivity index (χ3n) is 8.42. The first-order valence-electron chi connectivity index (χ1n) is 12.8. The van der Waals surface area contributed by atoms with E-state index in [2.05, 4.69) is 17.4 Å². The second kappa shape index (κ2) is 8.47. The minimum absolute atomic E-state index is 0.0118. The topological polar surface area (TPSA) is 83.6 Å². The monoisotopic (exact) mass is 492 g/mol. The number of sulfone groups is 1. The summed E-state index contributed by atoms with van der Waals surface area (Å²) < 4.78 is 25.0. The Balaban J connectivity index is 1.36. The van der Waals surface area contributed by atoms with Crippen LogP contribution < -0.4 is 5.32 Å². The number of benzene rings is 2. The lowest BCUT2D eigenvalue weighted by Gasteiger charge is -2.44. The summed E-state index contributed by atoms with van der Waals surface area (Å²) in [4.78, 5) is 29.9. The molecule has 3 fully saturated rings. The van der Waals surface area contributed by atoms with Gasteiger partial charge in [-0.25, -0.2) is 8.42 Å². The van der Waals surface area contributed by atoms with Crippen molar-refractivity contribution in [1.29, 1.82) is 0 Å². The smallest absolute Gasteiger partial charge is 0.246 e. The zero-order chi connectivity index (χ0) is 24.3. The molecule has 1 aliphatic heterocycles. The van der Waals surface area contributed by atoms with Gasteiger partial charge in [0.2, 0.25) is 11.8 Å². The summed E-state index contributed by atoms with van der Waals surface area (Å²) in [5.74, 6) is 0.994. The molecule has 0 aromatic heterocycles. The molecule has 1 saturated heterocycles. The van der Waals surface area contributed by atoms with Crippen LogP contribution in [0, 0.1) is 23.7 Å². The highest BCUT2D eigenvalue weighted by Gasteiger charge is 2.54. The van der Waals surface area contributed by atoms with Gasteiger partial charge in [0.05, 0.1) is 4.90 Å². The fraction of sp³-hybridized carbons (Fsp3) is 0.500. The molecule has 7 heteroatoms. The maximum absolute atomic E-state index is 14.1. The van der Waals surface area contributed by atoms with Gasteiger partial charge in [-0.1, -0.05) is 42.5 Å². The molecule has 35 heavy (non-hydrogen) atoms. The van der Waals surface area contributed by atoms with E-state index in [0.717, 1.165) is 38.5 Å². The predicted molar refractivity (Wildman–Crippen MR) is 132 cm³/mol. The molecule has 6 nitrogen and oxygen atoms in total. The highest BCUT2D eigenvalue weighted by atomic mass is 32.2. The quantitative estimate of drug-likeness (QED) is 0.644. The SMILES string of the molecule is CS(=O)(=O)c1ccccc1CN1C(=O)[C@@H](C2Cc3ccccc3C2)NC(=O)[C@H]1C(C1CC1)C1CC1. The van der Waals surface area contributed by atoms with E-state index in [1.54, 1.807) is 29.2 Å². The van der Waals surface area contributed by atoms with Crippen molar-refractivity contribution in [3.63, 3.8) is 0 Å². The number of carbonyl (C=O) groups excluding carboxylic acids is 2. The van der Waals surface area contributed by atoms with Gasteiger partial charge in [-0.05, 0) is 85.0 Å². The van der Waals surface area contributed by atoms with Crippen LogP contribution in [0.1, 0.15) is 42.4 Å². The Bertz CT molecular complexity index is 1240. The minimum atomic E-state index is -3.46. The van der Waals surface area contributed by atoms with Crippen LogP contribution in [0.25, 0.3) is 0 Å². The van der Waals surface area contributed by atoms with Crippen molar-refractivity contribution >= 4 is 21.7 Å². The lowest BCUT2D eigenvalue weighted by molar-refractivity contribution is -0.155. The second-order valence-electron chi connectivity index (χ2n) is 11.0. The van der Waals surface area contributed by atoms with Crippen LogP contribution in [0.5, 0.6) is 0 Å². The van der Waals surface area contributed by atoms with Crippen LogP contribution in [0.2, 0.25) is 0 Å². The van der Waals surface area contributed by atoms with Gasteiger partial charge in [-0.2, -0.15) is 0 Å². The Morgan fingerprint density at radius 1 is 0.914 bits per heavy atom. The van der Waals surface area contributed by atoms with E-state index in [4.69, 9.17) is 0 Å². The molecular formula is C28H32N2O4S. The van der Waals surface area contributed by atoms with Gasteiger partial charge in [-0.3, -0.25) is 9.59 Å². The van der Waals surface area contributed by atoms with Gasteiger partial charge < -0.3 is 10.2 Å². The van der Waals surface area contributed by atoms with E-state index in [1.165, 1.54) is 17.4 Å². The van der Waals surface area contributed by atoms with Crippen LogP contribution in [0.3, 0.4) is 0 Å². The number of carbonyl (C=O) groups is 2. The van der Waals surface area contributed by atoms with Gasteiger partial charge in [0.1, 0.15) is 12.1 Å². The number of rotatable bonds is 7. The highest BCUT2D eigenvalue weighted by molar-refractivity contribution is 7.90. The van der Waals surface area contributed by atoms with Crippen LogP contribution in [0.4, 0.5) is 0 Å². The molecule has 184 valence electrons. The van der Waals surface area contributed by atoms with E-state index < -0.39 is 21.9 Å². The van der Waals surface area contributed by atoms with Crippen molar-refractivity contribution < 1.29 is 18.0 Å². The molecule has 2 aromatic carbocycles. The molecule has 2 atom stereocenters. The molecule has 2 amide bonds. The van der Waals surface area contributed by atoms with E-state index in [0.29, 0.717) is 17.4 Å². The first-order chi connectivity index (χ1) is 16.8. The van der Waals surface area contributed by atoms with Gasteiger partial charge >= 0.3 is 0 Å². The maximum atomic E-state index is 14.1. The van der Waals surface area contributed by atoms with Gasteiger partial charge in [0.25, 0.3) is 0 Å². The molecule has 2 aromatic rings. The van der Waals surface area contributed by atoms with Crippen molar-refractivity contribution in [1.82, 2.24) is 10.2 Å². The predicted octanol–water partition coefficient (Wildman–Crippen LogP) is 3.14. The van der Waals surface area contributed by atoms with Gasteiger partial charge in [-0.15, -0.1) is 0 Å². The highest BCUT2D eigenvalue weighted by Crippen LogP contribution is 2.52. The molecule has 0 radical (unpaired) electrons. The Kier molecular flexibility index (Phi) is 5.51. The first-order valence-corrected chi connectivity index (χ1v) is 14.7. The molecule has 1 heterocycles. The van der Waals surface area contributed by atoms with E-state index >= 15 is 0 Å². The molecule has 0 bridgehead atoms. The summed E-state index contributed by atoms with van der Waals surface area (Å²) in [5.41, 5.74) is 3.07. The van der Waals surface area contributed by atoms with Crippen LogP contribution in [0.15, 0.2) is 53.4 Å². The van der Waals surface area contributed by atoms with Crippen molar-refractivity contribution in [3.05, 3.63) is 65.2 Å². The number of amides is 2. The Labute approximate surface area is 207 Å². The number of piperazine rings is 1. The molecule has 2 saturated carbocycles. The molecule has 4 aliphatic rings. The molecule has 1 N–H and O–H groups in total. The number of hydrogen-bond acceptors (Lipinski definition) is 4. The van der Waals surface area contributed by atoms with Crippen molar-refractivity contribution in [2.45, 2.75) is 62.0 Å². The Morgan fingerprint density at radius 3 is 2.06 bits per heavy atom. The summed E-state index contributed by atoms with van der Waals surface area (Å²) in [6.07, 6.45) is 7.15. The standard InChI is InChI=1S/C28H32N2O4S/c1-35(33,34)23-9-5-4-8-21(23)16-30-26(24(17-10-11-17)18-12-13-18)27(31)29-25(28(30)32)22-14-19-6-2-3-7-20(19)15-22/h2-9,17-18,22,24-26H,10-16H2,1H3,(H,29,31)/t25-,26-/m1/s1. The van der Waals surface area contributed by atoms with E-state index in [-0.39, 0.29) is 35.1 Å². The molecular weight excluding hydrogens is 460 g/mol. The summed E-state index contributed by atoms with van der Waals surface area (Å²) in [6, 6.07) is 14.0. The summed E-state index contributed by atoms with van der Waals surface area (Å²) in [6.45, 7) is 0.145. The van der Waals surface area contributed by atoms with Gasteiger partial charge in [0, 0.05) is 12.8 Å². The fourth-order valence-corrected chi connectivity index (χ4v) is 7.44. The van der Waals surface area contributed by atoms with Crippen molar-refractivity contribution in [2.75, 3.05) is 6.26 Å². The maximum Gasteiger partial charge on any atom is 0.246 e. The van der Waals surface area contributed by atoms with Crippen LogP contribution >= 0.6 is 0 Å².